The maximum Gasteiger partial charge on any atom is 0.331 e. The van der Waals surface area contributed by atoms with Gasteiger partial charge in [-0.2, -0.15) is 0 Å². The second kappa shape index (κ2) is 9.37. The standard InChI is InChI=1S/C21H23NO4S/c1-2-25-17-10-7-16(8-11-17)9-12-21(24)26-15-20(23)22-13-3-5-18(22)19-6-4-14-27-19/h4,6-12,14,18H,2-3,5,13,15H2,1H3/b12-9+. The number of ether oxygens (including phenoxy) is 2. The molecular formula is C21H23NO4S. The lowest BCUT2D eigenvalue weighted by molar-refractivity contribution is -0.148. The average Bonchev–Trinajstić information content (AvgIpc) is 3.37. The highest BCUT2D eigenvalue weighted by Gasteiger charge is 2.30. The van der Waals surface area contributed by atoms with E-state index in [0.29, 0.717) is 13.2 Å². The highest BCUT2D eigenvalue weighted by molar-refractivity contribution is 7.10. The van der Waals surface area contributed by atoms with E-state index in [1.54, 1.807) is 17.4 Å². The van der Waals surface area contributed by atoms with Gasteiger partial charge >= 0.3 is 5.97 Å². The van der Waals surface area contributed by atoms with Crippen molar-refractivity contribution >= 4 is 29.3 Å². The lowest BCUT2D eigenvalue weighted by Gasteiger charge is -2.23. The van der Waals surface area contributed by atoms with Crippen molar-refractivity contribution in [3.63, 3.8) is 0 Å². The van der Waals surface area contributed by atoms with E-state index in [0.717, 1.165) is 24.2 Å². The minimum absolute atomic E-state index is 0.107. The fourth-order valence-corrected chi connectivity index (χ4v) is 3.99. The number of rotatable bonds is 7. The summed E-state index contributed by atoms with van der Waals surface area (Å²) in [6, 6.07) is 11.5. The van der Waals surface area contributed by atoms with E-state index in [4.69, 9.17) is 9.47 Å². The first kappa shape index (κ1) is 19.2. The van der Waals surface area contributed by atoms with Crippen molar-refractivity contribution in [3.05, 3.63) is 58.3 Å². The second-order valence-corrected chi connectivity index (χ2v) is 7.18. The van der Waals surface area contributed by atoms with Gasteiger partial charge in [-0.25, -0.2) is 4.79 Å². The van der Waals surface area contributed by atoms with E-state index < -0.39 is 5.97 Å². The van der Waals surface area contributed by atoms with Crippen LogP contribution >= 0.6 is 11.3 Å². The Bertz CT molecular complexity index is 783. The predicted molar refractivity (Wildman–Crippen MR) is 106 cm³/mol. The normalized spacial score (nSPS) is 16.6. The van der Waals surface area contributed by atoms with E-state index in [9.17, 15) is 9.59 Å². The Labute approximate surface area is 163 Å². The molecule has 0 aliphatic carbocycles. The number of hydrogen-bond donors (Lipinski definition) is 0. The topological polar surface area (TPSA) is 55.8 Å². The molecule has 1 aromatic carbocycles. The molecule has 1 unspecified atom stereocenters. The van der Waals surface area contributed by atoms with E-state index in [1.807, 2.05) is 53.6 Å². The molecule has 2 heterocycles. The van der Waals surface area contributed by atoms with Crippen molar-refractivity contribution in [2.24, 2.45) is 0 Å². The van der Waals surface area contributed by atoms with E-state index in [-0.39, 0.29) is 18.6 Å². The molecule has 0 bridgehead atoms. The third-order valence-corrected chi connectivity index (χ3v) is 5.36. The number of thiophene rings is 1. The fourth-order valence-electron chi connectivity index (χ4n) is 3.11. The van der Waals surface area contributed by atoms with Crippen molar-refractivity contribution in [3.8, 4) is 5.75 Å². The Hall–Kier alpha value is -2.60. The summed E-state index contributed by atoms with van der Waals surface area (Å²) in [7, 11) is 0. The minimum atomic E-state index is -0.524. The van der Waals surface area contributed by atoms with Crippen LogP contribution in [0.2, 0.25) is 0 Å². The molecule has 1 atom stereocenters. The smallest absolute Gasteiger partial charge is 0.331 e. The molecule has 0 spiro atoms. The number of esters is 1. The Balaban J connectivity index is 1.49. The molecule has 0 radical (unpaired) electrons. The molecular weight excluding hydrogens is 362 g/mol. The zero-order valence-corrected chi connectivity index (χ0v) is 16.1. The summed E-state index contributed by atoms with van der Waals surface area (Å²) in [5.74, 6) is 0.117. The maximum atomic E-state index is 12.4. The van der Waals surface area contributed by atoms with Gasteiger partial charge in [-0.3, -0.25) is 4.79 Å². The van der Waals surface area contributed by atoms with E-state index in [1.165, 1.54) is 11.0 Å². The second-order valence-electron chi connectivity index (χ2n) is 6.20. The zero-order chi connectivity index (χ0) is 19.1. The molecule has 3 rings (SSSR count). The van der Waals surface area contributed by atoms with Gasteiger partial charge in [0.1, 0.15) is 5.75 Å². The summed E-state index contributed by atoms with van der Waals surface area (Å²) in [6.07, 6.45) is 4.92. The Morgan fingerprint density at radius 2 is 2.07 bits per heavy atom. The van der Waals surface area contributed by atoms with Crippen LogP contribution in [0.4, 0.5) is 0 Å². The summed E-state index contributed by atoms with van der Waals surface area (Å²) in [5, 5.41) is 2.02. The average molecular weight is 385 g/mol. The van der Waals surface area contributed by atoms with Crippen LogP contribution in [-0.2, 0) is 14.3 Å². The Kier molecular flexibility index (Phi) is 6.65. The van der Waals surface area contributed by atoms with Crippen molar-refractivity contribution in [1.82, 2.24) is 4.90 Å². The van der Waals surface area contributed by atoms with Crippen LogP contribution in [0, 0.1) is 0 Å². The van der Waals surface area contributed by atoms with Crippen molar-refractivity contribution in [1.29, 1.82) is 0 Å². The van der Waals surface area contributed by atoms with Gasteiger partial charge in [-0.1, -0.05) is 18.2 Å². The van der Waals surface area contributed by atoms with Crippen LogP contribution in [0.15, 0.2) is 47.9 Å². The Morgan fingerprint density at radius 1 is 1.26 bits per heavy atom. The highest BCUT2D eigenvalue weighted by Crippen LogP contribution is 2.34. The lowest BCUT2D eigenvalue weighted by atomic mass is 10.2. The number of hydrogen-bond acceptors (Lipinski definition) is 5. The molecule has 0 saturated carbocycles. The monoisotopic (exact) mass is 385 g/mol. The zero-order valence-electron chi connectivity index (χ0n) is 15.3. The Morgan fingerprint density at radius 3 is 2.78 bits per heavy atom. The molecule has 2 aromatic rings. The van der Waals surface area contributed by atoms with E-state index in [2.05, 4.69) is 0 Å². The van der Waals surface area contributed by atoms with Crippen molar-refractivity contribution in [2.45, 2.75) is 25.8 Å². The van der Waals surface area contributed by atoms with Crippen LogP contribution < -0.4 is 4.74 Å². The maximum absolute atomic E-state index is 12.4. The van der Waals surface area contributed by atoms with E-state index >= 15 is 0 Å². The summed E-state index contributed by atoms with van der Waals surface area (Å²) in [4.78, 5) is 27.4. The molecule has 1 aromatic heterocycles. The lowest BCUT2D eigenvalue weighted by Crippen LogP contribution is -2.33. The third-order valence-electron chi connectivity index (χ3n) is 4.39. The molecule has 1 saturated heterocycles. The molecule has 1 aliphatic heterocycles. The van der Waals surface area contributed by atoms with Crippen molar-refractivity contribution in [2.75, 3.05) is 19.8 Å². The first-order valence-corrected chi connectivity index (χ1v) is 9.96. The summed E-state index contributed by atoms with van der Waals surface area (Å²) >= 11 is 1.65. The first-order valence-electron chi connectivity index (χ1n) is 9.08. The molecule has 1 amide bonds. The van der Waals surface area contributed by atoms with Crippen LogP contribution in [0.5, 0.6) is 5.75 Å². The van der Waals surface area contributed by atoms with Gasteiger partial charge in [0.2, 0.25) is 0 Å². The van der Waals surface area contributed by atoms with Gasteiger partial charge in [0.05, 0.1) is 12.6 Å². The quantitative estimate of drug-likeness (QED) is 0.533. The molecule has 6 heteroatoms. The summed E-state index contributed by atoms with van der Waals surface area (Å²) < 4.78 is 10.5. The molecule has 142 valence electrons. The van der Waals surface area contributed by atoms with Crippen LogP contribution in [0.25, 0.3) is 6.08 Å². The highest BCUT2D eigenvalue weighted by atomic mass is 32.1. The number of amides is 1. The SMILES string of the molecule is CCOc1ccc(/C=C/C(=O)OCC(=O)N2CCCC2c2cccs2)cc1. The first-order chi connectivity index (χ1) is 13.2. The number of likely N-dealkylation sites (tertiary alicyclic amines) is 1. The largest absolute Gasteiger partial charge is 0.494 e. The molecule has 5 nitrogen and oxygen atoms in total. The van der Waals surface area contributed by atoms with Crippen molar-refractivity contribution < 1.29 is 19.1 Å². The van der Waals surface area contributed by atoms with Crippen LogP contribution in [0.3, 0.4) is 0 Å². The van der Waals surface area contributed by atoms with Gasteiger partial charge in [0, 0.05) is 17.5 Å². The van der Waals surface area contributed by atoms with Crippen LogP contribution in [0.1, 0.15) is 36.2 Å². The molecule has 1 fully saturated rings. The number of benzene rings is 1. The van der Waals surface area contributed by atoms with Gasteiger partial charge < -0.3 is 14.4 Å². The number of carbonyl (C=O) groups excluding carboxylic acids is 2. The third kappa shape index (κ3) is 5.20. The van der Waals surface area contributed by atoms with Gasteiger partial charge in [-0.15, -0.1) is 11.3 Å². The van der Waals surface area contributed by atoms with Gasteiger partial charge in [0.15, 0.2) is 6.61 Å². The molecule has 1 aliphatic rings. The van der Waals surface area contributed by atoms with Gasteiger partial charge in [-0.05, 0) is 55.0 Å². The summed E-state index contributed by atoms with van der Waals surface area (Å²) in [6.45, 7) is 3.02. The number of nitrogens with zero attached hydrogens (tertiary/aromatic N) is 1. The van der Waals surface area contributed by atoms with Crippen LogP contribution in [-0.4, -0.2) is 36.5 Å². The minimum Gasteiger partial charge on any atom is -0.494 e. The molecule has 27 heavy (non-hydrogen) atoms. The molecule has 0 N–H and O–H groups in total. The number of carbonyl (C=O) groups is 2. The fraction of sp³-hybridized carbons (Fsp3) is 0.333. The summed E-state index contributed by atoms with van der Waals surface area (Å²) in [5.41, 5.74) is 0.860. The predicted octanol–water partition coefficient (Wildman–Crippen LogP) is 4.07. The van der Waals surface area contributed by atoms with Gasteiger partial charge in [0.25, 0.3) is 5.91 Å².